The zero-order valence-electron chi connectivity index (χ0n) is 12.7. The van der Waals surface area contributed by atoms with Crippen molar-refractivity contribution in [2.24, 2.45) is 5.92 Å². The number of aromatic nitrogens is 2. The highest BCUT2D eigenvalue weighted by Crippen LogP contribution is 2.28. The van der Waals surface area contributed by atoms with Gasteiger partial charge in [-0.1, -0.05) is 12.8 Å². The monoisotopic (exact) mass is 288 g/mol. The number of amides is 1. The summed E-state index contributed by atoms with van der Waals surface area (Å²) >= 11 is 0. The summed E-state index contributed by atoms with van der Waals surface area (Å²) in [6.07, 6.45) is 9.76. The number of nitrogens with one attached hydrogen (secondary N) is 1. The van der Waals surface area contributed by atoms with Gasteiger partial charge < -0.3 is 10.2 Å². The van der Waals surface area contributed by atoms with Crippen molar-refractivity contribution in [2.75, 3.05) is 19.6 Å². The maximum Gasteiger partial charge on any atom is 0.254 e. The molecular weight excluding hydrogens is 264 g/mol. The first-order chi connectivity index (χ1) is 10.2. The van der Waals surface area contributed by atoms with Gasteiger partial charge in [0.15, 0.2) is 0 Å². The Labute approximate surface area is 126 Å². The molecule has 1 aromatic heterocycles. The predicted molar refractivity (Wildman–Crippen MR) is 81.0 cm³/mol. The molecule has 2 aliphatic rings. The Kier molecular flexibility index (Phi) is 4.48. The van der Waals surface area contributed by atoms with Crippen molar-refractivity contribution in [3.8, 4) is 0 Å². The SMILES string of the molecule is Cc1ncncc1C(=O)NC[C@H]1CCN(C2CCCC2)C1. The summed E-state index contributed by atoms with van der Waals surface area (Å²) in [5.74, 6) is 0.534. The molecule has 1 N–H and O–H groups in total. The van der Waals surface area contributed by atoms with Gasteiger partial charge >= 0.3 is 0 Å². The number of nitrogens with zero attached hydrogens (tertiary/aromatic N) is 3. The van der Waals surface area contributed by atoms with E-state index in [2.05, 4.69) is 20.2 Å². The molecule has 1 atom stereocenters. The fraction of sp³-hybridized carbons (Fsp3) is 0.688. The highest BCUT2D eigenvalue weighted by Gasteiger charge is 2.30. The van der Waals surface area contributed by atoms with Gasteiger partial charge in [0.1, 0.15) is 6.33 Å². The molecule has 0 radical (unpaired) electrons. The molecule has 3 rings (SSSR count). The van der Waals surface area contributed by atoms with Gasteiger partial charge in [0.05, 0.1) is 11.3 Å². The highest BCUT2D eigenvalue weighted by molar-refractivity contribution is 5.94. The maximum atomic E-state index is 12.2. The van der Waals surface area contributed by atoms with E-state index in [9.17, 15) is 4.79 Å². The van der Waals surface area contributed by atoms with E-state index >= 15 is 0 Å². The first-order valence-electron chi connectivity index (χ1n) is 8.03. The first kappa shape index (κ1) is 14.4. The largest absolute Gasteiger partial charge is 0.352 e. The fourth-order valence-corrected chi connectivity index (χ4v) is 3.58. The van der Waals surface area contributed by atoms with Crippen LogP contribution < -0.4 is 5.32 Å². The van der Waals surface area contributed by atoms with Crippen molar-refractivity contribution in [2.45, 2.75) is 45.1 Å². The lowest BCUT2D eigenvalue weighted by atomic mass is 10.1. The Morgan fingerprint density at radius 3 is 2.95 bits per heavy atom. The summed E-state index contributed by atoms with van der Waals surface area (Å²) in [4.78, 5) is 22.8. The van der Waals surface area contributed by atoms with Crippen LogP contribution in [0.3, 0.4) is 0 Å². The first-order valence-corrected chi connectivity index (χ1v) is 8.03. The minimum absolute atomic E-state index is 0.0487. The van der Waals surface area contributed by atoms with Gasteiger partial charge in [0.25, 0.3) is 5.91 Å². The molecular formula is C16H24N4O. The summed E-state index contributed by atoms with van der Waals surface area (Å²) < 4.78 is 0. The quantitative estimate of drug-likeness (QED) is 0.917. The average Bonchev–Trinajstić information content (AvgIpc) is 3.16. The zero-order chi connectivity index (χ0) is 14.7. The Bertz CT molecular complexity index is 499. The fourth-order valence-electron chi connectivity index (χ4n) is 3.58. The lowest BCUT2D eigenvalue weighted by molar-refractivity contribution is 0.0945. The number of carbonyl (C=O) groups excluding carboxylic acids is 1. The van der Waals surface area contributed by atoms with Gasteiger partial charge in [-0.3, -0.25) is 4.79 Å². The van der Waals surface area contributed by atoms with Crippen LogP contribution in [0.15, 0.2) is 12.5 Å². The molecule has 1 aliphatic carbocycles. The summed E-state index contributed by atoms with van der Waals surface area (Å²) in [5, 5.41) is 3.05. The molecule has 114 valence electrons. The van der Waals surface area contributed by atoms with E-state index in [0.29, 0.717) is 11.5 Å². The second kappa shape index (κ2) is 6.52. The molecule has 5 heteroatoms. The Morgan fingerprint density at radius 1 is 1.38 bits per heavy atom. The Morgan fingerprint density at radius 2 is 2.19 bits per heavy atom. The van der Waals surface area contributed by atoms with Crippen LogP contribution >= 0.6 is 0 Å². The average molecular weight is 288 g/mol. The standard InChI is InChI=1S/C16H24N4O/c1-12-15(9-17-11-19-12)16(21)18-8-13-6-7-20(10-13)14-4-2-3-5-14/h9,11,13-14H,2-8,10H2,1H3,(H,18,21)/t13-/m1/s1. The Balaban J connectivity index is 1.47. The molecule has 1 aliphatic heterocycles. The molecule has 0 unspecified atom stereocenters. The lowest BCUT2D eigenvalue weighted by Gasteiger charge is -2.23. The molecule has 0 bridgehead atoms. The van der Waals surface area contributed by atoms with Gasteiger partial charge in [0.2, 0.25) is 0 Å². The third kappa shape index (κ3) is 3.40. The molecule has 2 heterocycles. The molecule has 1 aromatic rings. The van der Waals surface area contributed by atoms with Crippen molar-refractivity contribution in [1.82, 2.24) is 20.2 Å². The van der Waals surface area contributed by atoms with Crippen LogP contribution in [-0.4, -0.2) is 46.5 Å². The van der Waals surface area contributed by atoms with Crippen molar-refractivity contribution in [1.29, 1.82) is 0 Å². The smallest absolute Gasteiger partial charge is 0.254 e. The molecule has 0 spiro atoms. The summed E-state index contributed by atoms with van der Waals surface area (Å²) in [5.41, 5.74) is 1.32. The van der Waals surface area contributed by atoms with Crippen LogP contribution in [0.4, 0.5) is 0 Å². The highest BCUT2D eigenvalue weighted by atomic mass is 16.1. The number of rotatable bonds is 4. The van der Waals surface area contributed by atoms with Crippen molar-refractivity contribution in [3.05, 3.63) is 23.8 Å². The maximum absolute atomic E-state index is 12.2. The van der Waals surface area contributed by atoms with Gasteiger partial charge in [-0.2, -0.15) is 0 Å². The van der Waals surface area contributed by atoms with Crippen molar-refractivity contribution >= 4 is 5.91 Å². The normalized spacial score (nSPS) is 23.6. The molecule has 21 heavy (non-hydrogen) atoms. The molecule has 0 aromatic carbocycles. The van der Waals surface area contributed by atoms with E-state index in [0.717, 1.165) is 24.8 Å². The summed E-state index contributed by atoms with van der Waals surface area (Å²) in [6.45, 7) is 4.93. The summed E-state index contributed by atoms with van der Waals surface area (Å²) in [6, 6.07) is 0.801. The second-order valence-corrected chi connectivity index (χ2v) is 6.32. The topological polar surface area (TPSA) is 58.1 Å². The lowest BCUT2D eigenvalue weighted by Crippen LogP contribution is -2.34. The van der Waals surface area contributed by atoms with Gasteiger partial charge in [-0.05, 0) is 38.6 Å². The van der Waals surface area contributed by atoms with E-state index in [1.165, 1.54) is 45.0 Å². The minimum Gasteiger partial charge on any atom is -0.352 e. The van der Waals surface area contributed by atoms with E-state index in [-0.39, 0.29) is 5.91 Å². The van der Waals surface area contributed by atoms with Gasteiger partial charge in [-0.25, -0.2) is 9.97 Å². The predicted octanol–water partition coefficient (Wildman–Crippen LogP) is 1.78. The number of likely N-dealkylation sites (tertiary alicyclic amines) is 1. The minimum atomic E-state index is -0.0487. The van der Waals surface area contributed by atoms with E-state index in [1.807, 2.05) is 6.92 Å². The van der Waals surface area contributed by atoms with Crippen LogP contribution in [0, 0.1) is 12.8 Å². The molecule has 1 saturated carbocycles. The van der Waals surface area contributed by atoms with Gasteiger partial charge in [-0.15, -0.1) is 0 Å². The molecule has 2 fully saturated rings. The number of hydrogen-bond donors (Lipinski definition) is 1. The van der Waals surface area contributed by atoms with Gasteiger partial charge in [0, 0.05) is 25.3 Å². The molecule has 1 amide bonds. The van der Waals surface area contributed by atoms with Crippen LogP contribution in [0.25, 0.3) is 0 Å². The second-order valence-electron chi connectivity index (χ2n) is 6.32. The third-order valence-electron chi connectivity index (χ3n) is 4.87. The molecule has 1 saturated heterocycles. The van der Waals surface area contributed by atoms with E-state index in [1.54, 1.807) is 6.20 Å². The van der Waals surface area contributed by atoms with E-state index < -0.39 is 0 Å². The Hall–Kier alpha value is -1.49. The van der Waals surface area contributed by atoms with E-state index in [4.69, 9.17) is 0 Å². The summed E-state index contributed by atoms with van der Waals surface area (Å²) in [7, 11) is 0. The van der Waals surface area contributed by atoms with Crippen molar-refractivity contribution in [3.63, 3.8) is 0 Å². The van der Waals surface area contributed by atoms with Crippen LogP contribution in [0.5, 0.6) is 0 Å². The number of carbonyl (C=O) groups is 1. The molecule has 5 nitrogen and oxygen atoms in total. The van der Waals surface area contributed by atoms with Crippen LogP contribution in [0.1, 0.15) is 48.2 Å². The number of aryl methyl sites for hydroxylation is 1. The van der Waals surface area contributed by atoms with Crippen molar-refractivity contribution < 1.29 is 4.79 Å². The third-order valence-corrected chi connectivity index (χ3v) is 4.87. The number of hydrogen-bond acceptors (Lipinski definition) is 4. The van der Waals surface area contributed by atoms with Crippen LogP contribution in [-0.2, 0) is 0 Å². The van der Waals surface area contributed by atoms with Crippen LogP contribution in [0.2, 0.25) is 0 Å². The zero-order valence-corrected chi connectivity index (χ0v) is 12.7.